The molecule has 3 aliphatic carbocycles. The first-order valence-electron chi connectivity index (χ1n) is 9.90. The van der Waals surface area contributed by atoms with Gasteiger partial charge in [0.2, 0.25) is 11.2 Å². The van der Waals surface area contributed by atoms with E-state index in [1.807, 2.05) is 0 Å². The van der Waals surface area contributed by atoms with E-state index in [0.29, 0.717) is 5.41 Å². The summed E-state index contributed by atoms with van der Waals surface area (Å²) >= 11 is 0. The number of nitrogens with zero attached hydrogens (tertiary/aromatic N) is 1. The average molecular weight is 343 g/mol. The molecule has 1 nitrogen and oxygen atoms in total. The maximum atomic E-state index is 2.47. The quantitative estimate of drug-likeness (QED) is 0.504. The summed E-state index contributed by atoms with van der Waals surface area (Å²) in [5, 5.41) is 1.35. The standard InChI is InChI=1S/C25H28N/c1-15-7-6-8-22-18(15)11-12-23(26(22)5)24-16(2)9-10-19-20(24)13-17-14-21(19)25(17,3)4/h6-12,17,21H,13-14H2,1-5H3/q+1. The topological polar surface area (TPSA) is 3.88 Å². The SMILES string of the molecule is Cc1ccc2c(c1-c1ccc3c(C)cccc3[n+]1C)CC1CC2C1(C)C. The molecule has 0 N–H and O–H groups in total. The van der Waals surface area contributed by atoms with Crippen molar-refractivity contribution in [3.63, 3.8) is 0 Å². The van der Waals surface area contributed by atoms with Crippen LogP contribution in [0.2, 0.25) is 0 Å². The summed E-state index contributed by atoms with van der Waals surface area (Å²) in [5.41, 5.74) is 10.6. The van der Waals surface area contributed by atoms with Crippen LogP contribution in [-0.4, -0.2) is 0 Å². The molecule has 1 fully saturated rings. The number of benzene rings is 2. The highest BCUT2D eigenvalue weighted by molar-refractivity contribution is 5.82. The zero-order chi connectivity index (χ0) is 18.2. The molecule has 0 radical (unpaired) electrons. The predicted molar refractivity (Wildman–Crippen MR) is 108 cm³/mol. The van der Waals surface area contributed by atoms with Crippen LogP contribution in [0.5, 0.6) is 0 Å². The Morgan fingerprint density at radius 2 is 1.77 bits per heavy atom. The molecule has 3 aromatic rings. The van der Waals surface area contributed by atoms with E-state index in [0.717, 1.165) is 11.8 Å². The Labute approximate surface area is 156 Å². The fourth-order valence-corrected chi connectivity index (χ4v) is 5.65. The predicted octanol–water partition coefficient (Wildman–Crippen LogP) is 5.63. The summed E-state index contributed by atoms with van der Waals surface area (Å²) in [4.78, 5) is 0. The molecule has 0 aliphatic heterocycles. The van der Waals surface area contributed by atoms with Crippen molar-refractivity contribution in [3.8, 4) is 11.3 Å². The molecule has 1 heteroatoms. The van der Waals surface area contributed by atoms with Crippen LogP contribution in [0.4, 0.5) is 0 Å². The molecule has 2 unspecified atom stereocenters. The highest BCUT2D eigenvalue weighted by atomic mass is 14.9. The second kappa shape index (κ2) is 5.19. The van der Waals surface area contributed by atoms with Crippen LogP contribution < -0.4 is 4.57 Å². The lowest BCUT2D eigenvalue weighted by atomic mass is 9.47. The van der Waals surface area contributed by atoms with Crippen LogP contribution in [0.1, 0.15) is 48.4 Å². The van der Waals surface area contributed by atoms with Gasteiger partial charge in [0.05, 0.1) is 5.56 Å². The number of aromatic nitrogens is 1. The van der Waals surface area contributed by atoms with Crippen molar-refractivity contribution < 1.29 is 4.57 Å². The van der Waals surface area contributed by atoms with Crippen molar-refractivity contribution in [2.45, 2.75) is 46.5 Å². The Morgan fingerprint density at radius 1 is 0.962 bits per heavy atom. The number of aryl methyl sites for hydroxylation is 3. The largest absolute Gasteiger partial charge is 0.213 e. The maximum Gasteiger partial charge on any atom is 0.213 e. The van der Waals surface area contributed by atoms with Crippen LogP contribution in [0.15, 0.2) is 42.5 Å². The second-order valence-electron chi connectivity index (χ2n) is 9.12. The van der Waals surface area contributed by atoms with E-state index in [4.69, 9.17) is 0 Å². The molecule has 1 saturated carbocycles. The van der Waals surface area contributed by atoms with E-state index in [1.54, 1.807) is 11.1 Å². The number of rotatable bonds is 1. The molecular weight excluding hydrogens is 314 g/mol. The lowest BCUT2D eigenvalue weighted by Gasteiger charge is -2.57. The molecule has 132 valence electrons. The molecule has 0 spiro atoms. The van der Waals surface area contributed by atoms with Gasteiger partial charge in [0.25, 0.3) is 0 Å². The lowest BCUT2D eigenvalue weighted by Crippen LogP contribution is -2.48. The van der Waals surface area contributed by atoms with E-state index in [1.165, 1.54) is 46.1 Å². The van der Waals surface area contributed by atoms with E-state index in [-0.39, 0.29) is 0 Å². The van der Waals surface area contributed by atoms with Gasteiger partial charge in [-0.25, -0.2) is 0 Å². The van der Waals surface area contributed by atoms with Gasteiger partial charge in [-0.2, -0.15) is 4.57 Å². The third kappa shape index (κ3) is 1.95. The summed E-state index contributed by atoms with van der Waals surface area (Å²) < 4.78 is 2.40. The normalized spacial score (nSPS) is 22.8. The summed E-state index contributed by atoms with van der Waals surface area (Å²) in [5.74, 6) is 1.58. The minimum absolute atomic E-state index is 0.474. The average Bonchev–Trinajstić information content (AvgIpc) is 2.62. The van der Waals surface area contributed by atoms with Crippen molar-refractivity contribution in [3.05, 3.63) is 64.7 Å². The molecule has 2 aromatic carbocycles. The number of hydrogen-bond donors (Lipinski definition) is 0. The lowest BCUT2D eigenvalue weighted by molar-refractivity contribution is -0.633. The highest BCUT2D eigenvalue weighted by Crippen LogP contribution is 2.63. The second-order valence-corrected chi connectivity index (χ2v) is 9.12. The molecule has 2 bridgehead atoms. The Kier molecular flexibility index (Phi) is 3.20. The summed E-state index contributed by atoms with van der Waals surface area (Å²) in [6, 6.07) is 16.0. The molecule has 1 aromatic heterocycles. The summed E-state index contributed by atoms with van der Waals surface area (Å²) in [7, 11) is 2.23. The van der Waals surface area contributed by atoms with Crippen LogP contribution >= 0.6 is 0 Å². The minimum atomic E-state index is 0.474. The summed E-state index contributed by atoms with van der Waals surface area (Å²) in [6.07, 6.45) is 2.62. The summed E-state index contributed by atoms with van der Waals surface area (Å²) in [6.45, 7) is 9.41. The van der Waals surface area contributed by atoms with Crippen LogP contribution in [0.3, 0.4) is 0 Å². The van der Waals surface area contributed by atoms with E-state index >= 15 is 0 Å². The Morgan fingerprint density at radius 3 is 2.54 bits per heavy atom. The van der Waals surface area contributed by atoms with Gasteiger partial charge in [-0.3, -0.25) is 0 Å². The molecule has 6 rings (SSSR count). The molecule has 0 saturated heterocycles. The Balaban J connectivity index is 1.77. The van der Waals surface area contributed by atoms with Crippen molar-refractivity contribution in [1.82, 2.24) is 0 Å². The van der Waals surface area contributed by atoms with Gasteiger partial charge in [0, 0.05) is 17.5 Å². The van der Waals surface area contributed by atoms with Crippen LogP contribution in [0, 0.1) is 25.2 Å². The fourth-order valence-electron chi connectivity index (χ4n) is 5.65. The number of hydrogen-bond acceptors (Lipinski definition) is 0. The zero-order valence-corrected chi connectivity index (χ0v) is 16.6. The first-order chi connectivity index (χ1) is 12.4. The van der Waals surface area contributed by atoms with Crippen LogP contribution in [0.25, 0.3) is 22.2 Å². The van der Waals surface area contributed by atoms with E-state index in [9.17, 15) is 0 Å². The molecule has 1 heterocycles. The first kappa shape index (κ1) is 16.1. The van der Waals surface area contributed by atoms with Crippen molar-refractivity contribution in [2.75, 3.05) is 0 Å². The third-order valence-electron chi connectivity index (χ3n) is 7.54. The minimum Gasteiger partial charge on any atom is -0.194 e. The zero-order valence-electron chi connectivity index (χ0n) is 16.6. The van der Waals surface area contributed by atoms with E-state index in [2.05, 4.69) is 81.8 Å². The van der Waals surface area contributed by atoms with Gasteiger partial charge < -0.3 is 0 Å². The van der Waals surface area contributed by atoms with Gasteiger partial charge in [-0.15, -0.1) is 0 Å². The van der Waals surface area contributed by atoms with Gasteiger partial charge in [-0.1, -0.05) is 38.1 Å². The van der Waals surface area contributed by atoms with Gasteiger partial charge in [0.1, 0.15) is 7.05 Å². The molecule has 2 atom stereocenters. The Hall–Kier alpha value is -2.15. The molecular formula is C25H28N+. The number of fused-ring (bicyclic) bond motifs is 1. The smallest absolute Gasteiger partial charge is 0.194 e. The molecule has 0 amide bonds. The third-order valence-corrected chi connectivity index (χ3v) is 7.54. The van der Waals surface area contributed by atoms with Crippen molar-refractivity contribution >= 4 is 10.9 Å². The van der Waals surface area contributed by atoms with Crippen LogP contribution in [-0.2, 0) is 13.5 Å². The van der Waals surface area contributed by atoms with Gasteiger partial charge in [-0.05, 0) is 72.3 Å². The van der Waals surface area contributed by atoms with Gasteiger partial charge in [0.15, 0.2) is 0 Å². The fraction of sp³-hybridized carbons (Fsp3) is 0.400. The molecule has 3 aliphatic rings. The highest BCUT2D eigenvalue weighted by Gasteiger charge is 2.53. The number of pyridine rings is 1. The van der Waals surface area contributed by atoms with Crippen molar-refractivity contribution in [2.24, 2.45) is 18.4 Å². The van der Waals surface area contributed by atoms with Gasteiger partial charge >= 0.3 is 0 Å². The van der Waals surface area contributed by atoms with E-state index < -0.39 is 0 Å². The van der Waals surface area contributed by atoms with Crippen molar-refractivity contribution in [1.29, 1.82) is 0 Å². The maximum absolute atomic E-state index is 2.47. The molecule has 26 heavy (non-hydrogen) atoms. The first-order valence-corrected chi connectivity index (χ1v) is 9.90. The monoisotopic (exact) mass is 342 g/mol. The Bertz CT molecular complexity index is 1060.